The van der Waals surface area contributed by atoms with Crippen molar-refractivity contribution in [2.75, 3.05) is 7.11 Å². The van der Waals surface area contributed by atoms with Crippen molar-refractivity contribution >= 4 is 0 Å². The maximum absolute atomic E-state index is 5.74. The number of nitrogens with zero attached hydrogens (tertiary/aromatic N) is 3. The van der Waals surface area contributed by atoms with E-state index in [1.54, 1.807) is 13.4 Å². The second kappa shape index (κ2) is 7.10. The van der Waals surface area contributed by atoms with Crippen molar-refractivity contribution in [1.82, 2.24) is 15.2 Å². The van der Waals surface area contributed by atoms with Crippen LogP contribution in [0, 0.1) is 0 Å². The largest absolute Gasteiger partial charge is 0.497 e. The highest BCUT2D eigenvalue weighted by Gasteiger charge is 2.08. The molecule has 0 radical (unpaired) electrons. The minimum atomic E-state index is 0.305. The number of benzene rings is 2. The molecule has 0 amide bonds. The van der Waals surface area contributed by atoms with Gasteiger partial charge in [0.2, 0.25) is 18.2 Å². The molecule has 0 N–H and O–H groups in total. The molecule has 26 heavy (non-hydrogen) atoms. The van der Waals surface area contributed by atoms with Gasteiger partial charge in [0.05, 0.1) is 7.11 Å². The molecule has 4 aromatic rings. The van der Waals surface area contributed by atoms with Crippen LogP contribution in [0.4, 0.5) is 0 Å². The molecule has 0 fully saturated rings. The van der Waals surface area contributed by atoms with Gasteiger partial charge in [0.1, 0.15) is 30.1 Å². The fourth-order valence-electron chi connectivity index (χ4n) is 2.39. The van der Waals surface area contributed by atoms with Gasteiger partial charge in [0.15, 0.2) is 0 Å². The Labute approximate surface area is 149 Å². The Bertz CT molecular complexity index is 961. The van der Waals surface area contributed by atoms with Crippen molar-refractivity contribution in [1.29, 1.82) is 0 Å². The molecule has 0 aliphatic heterocycles. The van der Waals surface area contributed by atoms with E-state index in [4.69, 9.17) is 18.3 Å². The maximum atomic E-state index is 5.74. The van der Waals surface area contributed by atoms with Gasteiger partial charge in [-0.05, 0) is 48.5 Å². The van der Waals surface area contributed by atoms with Crippen molar-refractivity contribution in [3.8, 4) is 34.4 Å². The van der Waals surface area contributed by atoms with Crippen molar-refractivity contribution in [2.45, 2.75) is 6.61 Å². The van der Waals surface area contributed by atoms with Gasteiger partial charge in [-0.3, -0.25) is 0 Å². The van der Waals surface area contributed by atoms with E-state index in [9.17, 15) is 0 Å². The first-order chi connectivity index (χ1) is 12.8. The van der Waals surface area contributed by atoms with Gasteiger partial charge in [0, 0.05) is 11.1 Å². The molecular formula is C19H15N3O4. The molecule has 0 unspecified atom stereocenters. The Hall–Kier alpha value is -3.61. The van der Waals surface area contributed by atoms with E-state index in [1.807, 2.05) is 48.5 Å². The summed E-state index contributed by atoms with van der Waals surface area (Å²) >= 11 is 0. The number of rotatable bonds is 6. The molecule has 7 nitrogen and oxygen atoms in total. The molecule has 2 aromatic heterocycles. The third-order valence-electron chi connectivity index (χ3n) is 3.74. The molecule has 0 spiro atoms. The highest BCUT2D eigenvalue weighted by Crippen LogP contribution is 2.23. The fourth-order valence-corrected chi connectivity index (χ4v) is 2.39. The Morgan fingerprint density at radius 2 is 1.54 bits per heavy atom. The quantitative estimate of drug-likeness (QED) is 0.520. The van der Waals surface area contributed by atoms with Crippen LogP contribution in [-0.2, 0) is 6.61 Å². The van der Waals surface area contributed by atoms with Crippen LogP contribution in [0.2, 0.25) is 0 Å². The van der Waals surface area contributed by atoms with E-state index in [0.29, 0.717) is 29.8 Å². The highest BCUT2D eigenvalue weighted by molar-refractivity contribution is 5.55. The molecule has 0 saturated carbocycles. The number of methoxy groups -OCH3 is 1. The lowest BCUT2D eigenvalue weighted by Crippen LogP contribution is -1.95. The standard InChI is InChI=1S/C19H15N3O4/c1-23-16-6-2-13(3-7-16)18-21-15(11-25-18)10-24-17-8-4-14(5-9-17)19-22-20-12-26-19/h2-9,11-12H,10H2,1H3. The average Bonchev–Trinajstić information content (AvgIpc) is 3.39. The Balaban J connectivity index is 1.39. The summed E-state index contributed by atoms with van der Waals surface area (Å²) in [6.07, 6.45) is 2.89. The summed E-state index contributed by atoms with van der Waals surface area (Å²) in [4.78, 5) is 4.44. The number of hydrogen-bond donors (Lipinski definition) is 0. The first kappa shape index (κ1) is 15.9. The minimum absolute atomic E-state index is 0.305. The lowest BCUT2D eigenvalue weighted by atomic mass is 10.2. The first-order valence-corrected chi connectivity index (χ1v) is 7.90. The molecule has 0 atom stereocenters. The third kappa shape index (κ3) is 3.41. The van der Waals surface area contributed by atoms with Crippen molar-refractivity contribution < 1.29 is 18.3 Å². The number of oxazole rings is 1. The van der Waals surface area contributed by atoms with Crippen molar-refractivity contribution in [3.05, 3.63) is 66.9 Å². The van der Waals surface area contributed by atoms with Gasteiger partial charge < -0.3 is 18.3 Å². The zero-order valence-corrected chi connectivity index (χ0v) is 14.0. The molecule has 130 valence electrons. The smallest absolute Gasteiger partial charge is 0.247 e. The molecule has 0 saturated heterocycles. The molecule has 0 aliphatic carbocycles. The summed E-state index contributed by atoms with van der Waals surface area (Å²) in [5.74, 6) is 2.50. The van der Waals surface area contributed by atoms with Crippen LogP contribution in [0.15, 0.2) is 70.0 Å². The van der Waals surface area contributed by atoms with Crippen LogP contribution >= 0.6 is 0 Å². The molecule has 0 bridgehead atoms. The monoisotopic (exact) mass is 349 g/mol. The predicted octanol–water partition coefficient (Wildman–Crippen LogP) is 3.98. The fraction of sp³-hybridized carbons (Fsp3) is 0.105. The summed E-state index contributed by atoms with van der Waals surface area (Å²) in [6.45, 7) is 0.305. The van der Waals surface area contributed by atoms with Gasteiger partial charge >= 0.3 is 0 Å². The van der Waals surface area contributed by atoms with Crippen molar-refractivity contribution in [3.63, 3.8) is 0 Å². The van der Waals surface area contributed by atoms with Crippen LogP contribution in [-0.4, -0.2) is 22.3 Å². The van der Waals surface area contributed by atoms with E-state index < -0.39 is 0 Å². The summed E-state index contributed by atoms with van der Waals surface area (Å²) in [7, 11) is 1.63. The Morgan fingerprint density at radius 3 is 2.19 bits per heavy atom. The second-order valence-corrected chi connectivity index (χ2v) is 5.43. The molecule has 2 heterocycles. The maximum Gasteiger partial charge on any atom is 0.247 e. The van der Waals surface area contributed by atoms with Gasteiger partial charge in [-0.25, -0.2) is 4.98 Å². The Kier molecular flexibility index (Phi) is 4.34. The lowest BCUT2D eigenvalue weighted by Gasteiger charge is -2.04. The summed E-state index contributed by atoms with van der Waals surface area (Å²) < 4.78 is 21.6. The topological polar surface area (TPSA) is 83.4 Å². The molecular weight excluding hydrogens is 334 g/mol. The minimum Gasteiger partial charge on any atom is -0.497 e. The molecule has 0 aliphatic rings. The van der Waals surface area contributed by atoms with Crippen molar-refractivity contribution in [2.24, 2.45) is 0 Å². The first-order valence-electron chi connectivity index (χ1n) is 7.90. The van der Waals surface area contributed by atoms with E-state index in [1.165, 1.54) is 6.39 Å². The number of aromatic nitrogens is 3. The van der Waals surface area contributed by atoms with Gasteiger partial charge in [-0.1, -0.05) is 0 Å². The summed E-state index contributed by atoms with van der Waals surface area (Å²) in [6, 6.07) is 14.9. The van der Waals surface area contributed by atoms with Gasteiger partial charge in [-0.2, -0.15) is 0 Å². The second-order valence-electron chi connectivity index (χ2n) is 5.43. The number of hydrogen-bond acceptors (Lipinski definition) is 7. The predicted molar refractivity (Wildman–Crippen MR) is 92.6 cm³/mol. The van der Waals surface area contributed by atoms with Gasteiger partial charge in [-0.15, -0.1) is 10.2 Å². The zero-order chi connectivity index (χ0) is 17.8. The van der Waals surface area contributed by atoms with E-state index in [0.717, 1.165) is 16.9 Å². The average molecular weight is 349 g/mol. The lowest BCUT2D eigenvalue weighted by molar-refractivity contribution is 0.301. The third-order valence-corrected chi connectivity index (χ3v) is 3.74. The van der Waals surface area contributed by atoms with E-state index >= 15 is 0 Å². The summed E-state index contributed by atoms with van der Waals surface area (Å²) in [5, 5.41) is 7.52. The van der Waals surface area contributed by atoms with Crippen LogP contribution in [0.5, 0.6) is 11.5 Å². The SMILES string of the molecule is COc1ccc(-c2nc(COc3ccc(-c4nnco4)cc3)co2)cc1. The normalized spacial score (nSPS) is 10.7. The van der Waals surface area contributed by atoms with Crippen LogP contribution in [0.25, 0.3) is 22.9 Å². The molecule has 2 aromatic carbocycles. The molecule has 4 rings (SSSR count). The number of ether oxygens (including phenoxy) is 2. The Morgan fingerprint density at radius 1 is 0.846 bits per heavy atom. The van der Waals surface area contributed by atoms with E-state index in [-0.39, 0.29) is 0 Å². The van der Waals surface area contributed by atoms with Crippen LogP contribution in [0.3, 0.4) is 0 Å². The van der Waals surface area contributed by atoms with Gasteiger partial charge in [0.25, 0.3) is 0 Å². The van der Waals surface area contributed by atoms with Crippen LogP contribution < -0.4 is 9.47 Å². The summed E-state index contributed by atoms with van der Waals surface area (Å²) in [5.41, 5.74) is 2.41. The van der Waals surface area contributed by atoms with Crippen LogP contribution in [0.1, 0.15) is 5.69 Å². The van der Waals surface area contributed by atoms with E-state index in [2.05, 4.69) is 15.2 Å². The highest BCUT2D eigenvalue weighted by atomic mass is 16.5. The molecule has 7 heteroatoms. The zero-order valence-electron chi connectivity index (χ0n) is 14.0.